The number of ketones is 1. The van der Waals surface area contributed by atoms with Gasteiger partial charge in [-0.2, -0.15) is 0 Å². The summed E-state index contributed by atoms with van der Waals surface area (Å²) >= 11 is 0. The molecule has 0 bridgehead atoms. The summed E-state index contributed by atoms with van der Waals surface area (Å²) in [4.78, 5) is 10.9. The van der Waals surface area contributed by atoms with Gasteiger partial charge in [-0.3, -0.25) is 4.79 Å². The van der Waals surface area contributed by atoms with Crippen molar-refractivity contribution in [2.75, 3.05) is 0 Å². The van der Waals surface area contributed by atoms with Crippen LogP contribution < -0.4 is 5.73 Å². The molecule has 0 fully saturated rings. The molecule has 0 aromatic heterocycles. The van der Waals surface area contributed by atoms with Gasteiger partial charge in [0.1, 0.15) is 5.78 Å². The highest BCUT2D eigenvalue weighted by Gasteiger charge is 2.22. The molecule has 72 valence electrons. The van der Waals surface area contributed by atoms with E-state index in [2.05, 4.69) is 20.8 Å². The van der Waals surface area contributed by atoms with Gasteiger partial charge >= 0.3 is 0 Å². The van der Waals surface area contributed by atoms with Crippen LogP contribution in [0.2, 0.25) is 0 Å². The molecule has 0 spiro atoms. The summed E-state index contributed by atoms with van der Waals surface area (Å²) in [6.45, 7) is 8.05. The normalized spacial score (nSPS) is 14.4. The molecule has 2 heteroatoms. The summed E-state index contributed by atoms with van der Waals surface area (Å²) in [5.74, 6) is 0.0965. The second kappa shape index (κ2) is 4.61. The lowest BCUT2D eigenvalue weighted by molar-refractivity contribution is -0.118. The quantitative estimate of drug-likeness (QED) is 0.688. The van der Waals surface area contributed by atoms with Gasteiger partial charge < -0.3 is 5.73 Å². The van der Waals surface area contributed by atoms with Crippen molar-refractivity contribution in [1.29, 1.82) is 0 Å². The maximum atomic E-state index is 10.9. The number of carbonyl (C=O) groups excluding carboxylic acids is 1. The van der Waals surface area contributed by atoms with E-state index in [1.54, 1.807) is 6.92 Å². The fourth-order valence-corrected chi connectivity index (χ4v) is 1.52. The van der Waals surface area contributed by atoms with Crippen LogP contribution in [0.15, 0.2) is 0 Å². The smallest absolute Gasteiger partial charge is 0.146 e. The monoisotopic (exact) mass is 171 g/mol. The predicted molar refractivity (Wildman–Crippen MR) is 52.0 cm³/mol. The van der Waals surface area contributed by atoms with Crippen molar-refractivity contribution in [2.24, 2.45) is 11.1 Å². The van der Waals surface area contributed by atoms with E-state index in [0.717, 1.165) is 19.3 Å². The summed E-state index contributed by atoms with van der Waals surface area (Å²) < 4.78 is 0. The Hall–Kier alpha value is -0.370. The van der Waals surface area contributed by atoms with Crippen LogP contribution >= 0.6 is 0 Å². The van der Waals surface area contributed by atoms with Crippen molar-refractivity contribution < 1.29 is 4.79 Å². The zero-order valence-corrected chi connectivity index (χ0v) is 8.68. The van der Waals surface area contributed by atoms with Crippen LogP contribution in [0.5, 0.6) is 0 Å². The summed E-state index contributed by atoms with van der Waals surface area (Å²) in [5.41, 5.74) is 5.89. The van der Waals surface area contributed by atoms with Gasteiger partial charge in [0, 0.05) is 0 Å². The number of Topliss-reactive ketones (excluding diaryl/α,β-unsaturated/α-hetero) is 1. The number of hydrogen-bond acceptors (Lipinski definition) is 2. The minimum atomic E-state index is -0.272. The first-order valence-corrected chi connectivity index (χ1v) is 4.65. The highest BCUT2D eigenvalue weighted by Crippen LogP contribution is 2.27. The summed E-state index contributed by atoms with van der Waals surface area (Å²) in [7, 11) is 0. The van der Waals surface area contributed by atoms with Crippen LogP contribution in [0.4, 0.5) is 0 Å². The maximum Gasteiger partial charge on any atom is 0.146 e. The third-order valence-electron chi connectivity index (χ3n) is 2.22. The summed E-state index contributed by atoms with van der Waals surface area (Å²) in [5, 5.41) is 0. The number of rotatable bonds is 5. The molecule has 2 N–H and O–H groups in total. The molecule has 0 saturated carbocycles. The lowest BCUT2D eigenvalue weighted by Crippen LogP contribution is -2.33. The standard InChI is InChI=1S/C10H21NO/c1-5-6-10(3,4)7-9(11)8(2)12/h9H,5-7,11H2,1-4H3. The first kappa shape index (κ1) is 11.6. The maximum absolute atomic E-state index is 10.9. The van der Waals surface area contributed by atoms with Crippen molar-refractivity contribution in [3.8, 4) is 0 Å². The van der Waals surface area contributed by atoms with Crippen molar-refractivity contribution in [2.45, 2.75) is 53.0 Å². The zero-order valence-electron chi connectivity index (χ0n) is 8.68. The Bertz CT molecular complexity index is 152. The van der Waals surface area contributed by atoms with Crippen LogP contribution in [0.1, 0.15) is 47.0 Å². The van der Waals surface area contributed by atoms with Gasteiger partial charge in [0.05, 0.1) is 6.04 Å². The zero-order chi connectivity index (χ0) is 9.78. The van der Waals surface area contributed by atoms with E-state index in [4.69, 9.17) is 5.73 Å². The fourth-order valence-electron chi connectivity index (χ4n) is 1.52. The minimum Gasteiger partial charge on any atom is -0.322 e. The SMILES string of the molecule is CCCC(C)(C)CC(N)C(C)=O. The third-order valence-corrected chi connectivity index (χ3v) is 2.22. The lowest BCUT2D eigenvalue weighted by atomic mass is 9.81. The van der Waals surface area contributed by atoms with Crippen LogP contribution in [0, 0.1) is 5.41 Å². The molecule has 0 aliphatic rings. The van der Waals surface area contributed by atoms with Crippen LogP contribution in [-0.2, 0) is 4.79 Å². The van der Waals surface area contributed by atoms with Gasteiger partial charge in [0.15, 0.2) is 0 Å². The largest absolute Gasteiger partial charge is 0.322 e. The Morgan fingerprint density at radius 1 is 1.50 bits per heavy atom. The Morgan fingerprint density at radius 3 is 2.33 bits per heavy atom. The van der Waals surface area contributed by atoms with Crippen molar-refractivity contribution in [3.05, 3.63) is 0 Å². The van der Waals surface area contributed by atoms with Gasteiger partial charge in [-0.25, -0.2) is 0 Å². The number of hydrogen-bond donors (Lipinski definition) is 1. The molecule has 0 aliphatic heterocycles. The van der Waals surface area contributed by atoms with E-state index >= 15 is 0 Å². The Kier molecular flexibility index (Phi) is 4.46. The molecule has 12 heavy (non-hydrogen) atoms. The van der Waals surface area contributed by atoms with Crippen molar-refractivity contribution in [3.63, 3.8) is 0 Å². The predicted octanol–water partition coefficient (Wildman–Crippen LogP) is 2.12. The third kappa shape index (κ3) is 4.50. The summed E-state index contributed by atoms with van der Waals surface area (Å²) in [6, 6.07) is -0.272. The van der Waals surface area contributed by atoms with Gasteiger partial charge in [0.2, 0.25) is 0 Å². The molecule has 0 aromatic carbocycles. The van der Waals surface area contributed by atoms with E-state index in [0.29, 0.717) is 0 Å². The van der Waals surface area contributed by atoms with Crippen LogP contribution in [0.3, 0.4) is 0 Å². The van der Waals surface area contributed by atoms with Crippen LogP contribution in [-0.4, -0.2) is 11.8 Å². The van der Waals surface area contributed by atoms with Crippen molar-refractivity contribution >= 4 is 5.78 Å². The second-order valence-corrected chi connectivity index (χ2v) is 4.34. The van der Waals surface area contributed by atoms with E-state index in [1.165, 1.54) is 0 Å². The molecule has 0 aromatic rings. The Morgan fingerprint density at radius 2 is 2.00 bits per heavy atom. The number of carbonyl (C=O) groups is 1. The molecule has 0 amide bonds. The molecule has 0 aliphatic carbocycles. The number of nitrogens with two attached hydrogens (primary N) is 1. The molecule has 1 atom stereocenters. The van der Waals surface area contributed by atoms with Gasteiger partial charge in [0.25, 0.3) is 0 Å². The molecule has 2 nitrogen and oxygen atoms in total. The van der Waals surface area contributed by atoms with E-state index in [1.807, 2.05) is 0 Å². The van der Waals surface area contributed by atoms with Crippen molar-refractivity contribution in [1.82, 2.24) is 0 Å². The second-order valence-electron chi connectivity index (χ2n) is 4.34. The molecular formula is C10H21NO. The Labute approximate surface area is 75.5 Å². The average Bonchev–Trinajstić information content (AvgIpc) is 1.85. The summed E-state index contributed by atoms with van der Waals surface area (Å²) in [6.07, 6.45) is 3.09. The average molecular weight is 171 g/mol. The highest BCUT2D eigenvalue weighted by molar-refractivity contribution is 5.81. The minimum absolute atomic E-state index is 0.0965. The van der Waals surface area contributed by atoms with E-state index < -0.39 is 0 Å². The van der Waals surface area contributed by atoms with Crippen LogP contribution in [0.25, 0.3) is 0 Å². The Balaban J connectivity index is 3.95. The lowest BCUT2D eigenvalue weighted by Gasteiger charge is -2.26. The molecule has 0 rings (SSSR count). The fraction of sp³-hybridized carbons (Fsp3) is 0.900. The molecular weight excluding hydrogens is 150 g/mol. The molecule has 1 unspecified atom stereocenters. The molecule has 0 heterocycles. The first-order chi connectivity index (χ1) is 5.39. The van der Waals surface area contributed by atoms with Gasteiger partial charge in [-0.05, 0) is 25.2 Å². The van der Waals surface area contributed by atoms with E-state index in [9.17, 15) is 4.79 Å². The van der Waals surface area contributed by atoms with Gasteiger partial charge in [-0.1, -0.05) is 27.2 Å². The first-order valence-electron chi connectivity index (χ1n) is 4.65. The highest BCUT2D eigenvalue weighted by atomic mass is 16.1. The molecule has 0 radical (unpaired) electrons. The van der Waals surface area contributed by atoms with E-state index in [-0.39, 0.29) is 17.2 Å². The molecule has 0 saturated heterocycles. The van der Waals surface area contributed by atoms with Gasteiger partial charge in [-0.15, -0.1) is 0 Å². The topological polar surface area (TPSA) is 43.1 Å².